The maximum absolute atomic E-state index is 13.7. The van der Waals surface area contributed by atoms with Crippen molar-refractivity contribution in [3.05, 3.63) is 60.2 Å². The van der Waals surface area contributed by atoms with Crippen LogP contribution in [0.5, 0.6) is 0 Å². The molecule has 2 fully saturated rings. The van der Waals surface area contributed by atoms with Crippen molar-refractivity contribution in [2.45, 2.75) is 77.0 Å². The average Bonchev–Trinajstić information content (AvgIpc) is 3.72. The standard InChI is InChI=1S/C30H37N5O6/c1-19(17-25(36)37)31-26(38)24(16-13-20-9-10-20)35-27(39)30(2,3)34(29(35)41)18-21-11-14-23(15-12-21)33-28(40)32-22-7-5-4-6-8-22/h4-8,11-12,14-15,19-20,24H,9-10,13,16-18H2,1-3H3,(H,31,38)(H,36,37)(H2,32,33,40)/t19-,24+/m1/s1. The lowest BCUT2D eigenvalue weighted by Crippen LogP contribution is -2.52. The topological polar surface area (TPSA) is 148 Å². The van der Waals surface area contributed by atoms with E-state index in [1.807, 2.05) is 18.2 Å². The van der Waals surface area contributed by atoms with Gasteiger partial charge in [-0.15, -0.1) is 0 Å². The van der Waals surface area contributed by atoms with E-state index in [0.717, 1.165) is 23.3 Å². The fraction of sp³-hybridized carbons (Fsp3) is 0.433. The van der Waals surface area contributed by atoms with Gasteiger partial charge in [-0.3, -0.25) is 14.4 Å². The molecule has 2 aromatic carbocycles. The van der Waals surface area contributed by atoms with E-state index in [1.54, 1.807) is 57.2 Å². The molecule has 1 saturated carbocycles. The van der Waals surface area contributed by atoms with Crippen LogP contribution < -0.4 is 16.0 Å². The normalized spacial score (nSPS) is 17.6. The largest absolute Gasteiger partial charge is 0.481 e. The molecule has 0 bridgehead atoms. The Labute approximate surface area is 239 Å². The van der Waals surface area contributed by atoms with Crippen molar-refractivity contribution in [1.29, 1.82) is 0 Å². The zero-order valence-electron chi connectivity index (χ0n) is 23.6. The van der Waals surface area contributed by atoms with Crippen LogP contribution in [0.15, 0.2) is 54.6 Å². The van der Waals surface area contributed by atoms with E-state index in [9.17, 15) is 24.0 Å². The number of nitrogens with zero attached hydrogens (tertiary/aromatic N) is 2. The Morgan fingerprint density at radius 1 is 0.976 bits per heavy atom. The number of rotatable bonds is 12. The van der Waals surface area contributed by atoms with Crippen LogP contribution in [0.4, 0.5) is 21.0 Å². The minimum Gasteiger partial charge on any atom is -0.481 e. The van der Waals surface area contributed by atoms with Gasteiger partial charge in [-0.05, 0) is 69.4 Å². The van der Waals surface area contributed by atoms with Gasteiger partial charge in [0.25, 0.3) is 5.91 Å². The van der Waals surface area contributed by atoms with Crippen LogP contribution in [0.1, 0.15) is 58.4 Å². The Balaban J connectivity index is 1.45. The highest BCUT2D eigenvalue weighted by Crippen LogP contribution is 2.37. The molecule has 1 heterocycles. The fourth-order valence-corrected chi connectivity index (χ4v) is 4.93. The van der Waals surface area contributed by atoms with Gasteiger partial charge in [0, 0.05) is 24.0 Å². The van der Waals surface area contributed by atoms with Crippen LogP contribution in [0.2, 0.25) is 0 Å². The first-order chi connectivity index (χ1) is 19.5. The van der Waals surface area contributed by atoms with E-state index >= 15 is 0 Å². The van der Waals surface area contributed by atoms with Crippen LogP contribution in [-0.2, 0) is 20.9 Å². The first-order valence-corrected chi connectivity index (χ1v) is 13.8. The van der Waals surface area contributed by atoms with Crippen molar-refractivity contribution >= 4 is 41.2 Å². The van der Waals surface area contributed by atoms with Crippen molar-refractivity contribution in [2.24, 2.45) is 5.92 Å². The molecular formula is C30H37N5O6. The third-order valence-corrected chi connectivity index (χ3v) is 7.47. The van der Waals surface area contributed by atoms with Gasteiger partial charge in [-0.1, -0.05) is 43.2 Å². The molecule has 0 unspecified atom stereocenters. The number of carbonyl (C=O) groups is 5. The monoisotopic (exact) mass is 563 g/mol. The van der Waals surface area contributed by atoms with E-state index < -0.39 is 47.5 Å². The molecule has 0 spiro atoms. The van der Waals surface area contributed by atoms with E-state index in [4.69, 9.17) is 5.11 Å². The van der Waals surface area contributed by atoms with Gasteiger partial charge in [-0.2, -0.15) is 0 Å². The summed E-state index contributed by atoms with van der Waals surface area (Å²) in [4.78, 5) is 66.4. The number of carboxylic acids is 1. The number of aliphatic carboxylic acids is 1. The molecule has 2 aromatic rings. The van der Waals surface area contributed by atoms with Crippen molar-refractivity contribution in [3.8, 4) is 0 Å². The Kier molecular flexibility index (Phi) is 8.95. The molecule has 1 aliphatic carbocycles. The van der Waals surface area contributed by atoms with E-state index in [1.165, 1.54) is 4.90 Å². The second-order valence-corrected chi connectivity index (χ2v) is 11.3. The van der Waals surface area contributed by atoms with Crippen LogP contribution in [-0.4, -0.2) is 62.4 Å². The van der Waals surface area contributed by atoms with Crippen molar-refractivity contribution < 1.29 is 29.1 Å². The van der Waals surface area contributed by atoms with Gasteiger partial charge in [0.15, 0.2) is 0 Å². The summed E-state index contributed by atoms with van der Waals surface area (Å²) in [5.41, 5.74) is 0.753. The van der Waals surface area contributed by atoms with Gasteiger partial charge >= 0.3 is 18.0 Å². The number of hydrogen-bond acceptors (Lipinski definition) is 5. The van der Waals surface area contributed by atoms with Gasteiger partial charge in [-0.25, -0.2) is 14.5 Å². The lowest BCUT2D eigenvalue weighted by molar-refractivity contribution is -0.140. The first kappa shape index (κ1) is 29.6. The molecule has 2 atom stereocenters. The lowest BCUT2D eigenvalue weighted by Gasteiger charge is -2.28. The molecule has 1 saturated heterocycles. The molecule has 11 heteroatoms. The molecule has 0 radical (unpaired) electrons. The Morgan fingerprint density at radius 3 is 2.17 bits per heavy atom. The fourth-order valence-electron chi connectivity index (χ4n) is 4.93. The highest BCUT2D eigenvalue weighted by molar-refractivity contribution is 6.09. The molecule has 218 valence electrons. The molecule has 2 aliphatic rings. The Hall–Kier alpha value is -4.41. The minimum atomic E-state index is -1.20. The van der Waals surface area contributed by atoms with E-state index in [0.29, 0.717) is 30.1 Å². The predicted molar refractivity (Wildman–Crippen MR) is 153 cm³/mol. The predicted octanol–water partition coefficient (Wildman–Crippen LogP) is 4.41. The van der Waals surface area contributed by atoms with E-state index in [2.05, 4.69) is 16.0 Å². The van der Waals surface area contributed by atoms with Gasteiger partial charge in [0.1, 0.15) is 11.6 Å². The molecule has 6 amide bonds. The molecule has 0 aromatic heterocycles. The zero-order chi connectivity index (χ0) is 29.7. The highest BCUT2D eigenvalue weighted by Gasteiger charge is 2.54. The number of carboxylic acid groups (broad SMARTS) is 1. The van der Waals surface area contributed by atoms with Gasteiger partial charge < -0.3 is 26.0 Å². The molecule has 1 aliphatic heterocycles. The van der Waals surface area contributed by atoms with Gasteiger partial charge in [0.2, 0.25) is 5.91 Å². The lowest BCUT2D eigenvalue weighted by atomic mass is 10.0. The number of hydrogen-bond donors (Lipinski definition) is 4. The Bertz CT molecular complexity index is 1290. The average molecular weight is 564 g/mol. The second kappa shape index (κ2) is 12.4. The number of anilines is 2. The summed E-state index contributed by atoms with van der Waals surface area (Å²) in [7, 11) is 0. The number of para-hydroxylation sites is 1. The number of nitrogens with one attached hydrogen (secondary N) is 3. The molecular weight excluding hydrogens is 526 g/mol. The number of imide groups is 1. The maximum atomic E-state index is 13.7. The summed E-state index contributed by atoms with van der Waals surface area (Å²) >= 11 is 0. The summed E-state index contributed by atoms with van der Waals surface area (Å²) in [5.74, 6) is -1.57. The second-order valence-electron chi connectivity index (χ2n) is 11.3. The van der Waals surface area contributed by atoms with E-state index in [-0.39, 0.29) is 13.0 Å². The maximum Gasteiger partial charge on any atom is 0.328 e. The van der Waals surface area contributed by atoms with Crippen molar-refractivity contribution in [2.75, 3.05) is 10.6 Å². The highest BCUT2D eigenvalue weighted by atomic mass is 16.4. The molecule has 11 nitrogen and oxygen atoms in total. The summed E-state index contributed by atoms with van der Waals surface area (Å²) < 4.78 is 0. The molecule has 4 N–H and O–H groups in total. The summed E-state index contributed by atoms with van der Waals surface area (Å²) in [5, 5.41) is 17.3. The number of urea groups is 2. The zero-order valence-corrected chi connectivity index (χ0v) is 23.6. The van der Waals surface area contributed by atoms with Crippen LogP contribution >= 0.6 is 0 Å². The quantitative estimate of drug-likeness (QED) is 0.281. The summed E-state index contributed by atoms with van der Waals surface area (Å²) in [6, 6.07) is 13.4. The summed E-state index contributed by atoms with van der Waals surface area (Å²) in [6.45, 7) is 5.01. The smallest absolute Gasteiger partial charge is 0.328 e. The number of carbonyl (C=O) groups excluding carboxylic acids is 4. The van der Waals surface area contributed by atoms with Crippen molar-refractivity contribution in [1.82, 2.24) is 15.1 Å². The molecule has 41 heavy (non-hydrogen) atoms. The number of benzene rings is 2. The third-order valence-electron chi connectivity index (χ3n) is 7.47. The van der Waals surface area contributed by atoms with Gasteiger partial charge in [0.05, 0.1) is 6.42 Å². The number of amides is 6. The third kappa shape index (κ3) is 7.41. The van der Waals surface area contributed by atoms with Crippen LogP contribution in [0.3, 0.4) is 0 Å². The van der Waals surface area contributed by atoms with Crippen LogP contribution in [0, 0.1) is 5.92 Å². The SMILES string of the molecule is C[C@H](CC(=O)O)NC(=O)[C@H](CCC1CC1)N1C(=O)N(Cc2ccc(NC(=O)Nc3ccccc3)cc2)C(C)(C)C1=O. The van der Waals surface area contributed by atoms with Crippen LogP contribution in [0.25, 0.3) is 0 Å². The Morgan fingerprint density at radius 2 is 1.59 bits per heavy atom. The van der Waals surface area contributed by atoms with Crippen molar-refractivity contribution in [3.63, 3.8) is 0 Å². The first-order valence-electron chi connectivity index (χ1n) is 13.8. The minimum absolute atomic E-state index is 0.122. The summed E-state index contributed by atoms with van der Waals surface area (Å²) in [6.07, 6.45) is 2.88. The molecule has 4 rings (SSSR count).